The molecule has 22 heavy (non-hydrogen) atoms. The van der Waals surface area contributed by atoms with Crippen LogP contribution in [-0.2, 0) is 0 Å². The lowest BCUT2D eigenvalue weighted by Gasteiger charge is -2.09. The minimum Gasteiger partial charge on any atom is -0.478 e. The van der Waals surface area contributed by atoms with E-state index in [0.717, 1.165) is 5.39 Å². The first-order valence-electron chi connectivity index (χ1n) is 6.39. The maximum absolute atomic E-state index is 10.9. The summed E-state index contributed by atoms with van der Waals surface area (Å²) >= 11 is 5.20. The van der Waals surface area contributed by atoms with Gasteiger partial charge in [0.2, 0.25) is 0 Å². The van der Waals surface area contributed by atoms with E-state index in [1.165, 1.54) is 12.1 Å². The van der Waals surface area contributed by atoms with Crippen LogP contribution in [0.25, 0.3) is 11.0 Å². The Morgan fingerprint density at radius 3 is 2.77 bits per heavy atom. The average Bonchev–Trinajstić information content (AvgIpc) is 2.91. The third-order valence-electron chi connectivity index (χ3n) is 2.98. The minimum absolute atomic E-state index is 0.180. The summed E-state index contributed by atoms with van der Waals surface area (Å²) in [7, 11) is 0. The van der Waals surface area contributed by atoms with Crippen LogP contribution in [0, 0.1) is 0 Å². The van der Waals surface area contributed by atoms with Crippen molar-refractivity contribution in [1.82, 2.24) is 5.16 Å². The van der Waals surface area contributed by atoms with Crippen molar-refractivity contribution in [1.29, 1.82) is 0 Å². The second-order valence-electron chi connectivity index (χ2n) is 4.49. The molecular formula is C15H11N3O3S. The van der Waals surface area contributed by atoms with E-state index in [9.17, 15) is 4.79 Å². The van der Waals surface area contributed by atoms with Gasteiger partial charge in [-0.25, -0.2) is 4.79 Å². The topological polar surface area (TPSA) is 87.4 Å². The summed E-state index contributed by atoms with van der Waals surface area (Å²) < 4.78 is 5.17. The highest BCUT2D eigenvalue weighted by Crippen LogP contribution is 2.22. The highest BCUT2D eigenvalue weighted by atomic mass is 32.1. The zero-order chi connectivity index (χ0) is 15.5. The van der Waals surface area contributed by atoms with Crippen LogP contribution in [0.15, 0.2) is 53.1 Å². The van der Waals surface area contributed by atoms with Crippen LogP contribution >= 0.6 is 12.2 Å². The summed E-state index contributed by atoms with van der Waals surface area (Å²) in [6.07, 6.45) is 0. The summed E-state index contributed by atoms with van der Waals surface area (Å²) in [5.41, 5.74) is 1.41. The van der Waals surface area contributed by atoms with Gasteiger partial charge in [0.15, 0.2) is 16.5 Å². The second kappa shape index (κ2) is 5.82. The SMILES string of the molecule is O=C(O)c1cccc(NC(=S)Nc2noc3ccccc23)c1. The minimum atomic E-state index is -0.995. The molecule has 3 N–H and O–H groups in total. The number of hydrogen-bond acceptors (Lipinski definition) is 4. The highest BCUT2D eigenvalue weighted by Gasteiger charge is 2.09. The Kier molecular flexibility index (Phi) is 3.71. The lowest BCUT2D eigenvalue weighted by Crippen LogP contribution is -2.19. The molecule has 6 nitrogen and oxygen atoms in total. The molecule has 0 atom stereocenters. The smallest absolute Gasteiger partial charge is 0.335 e. The number of hydrogen-bond donors (Lipinski definition) is 3. The van der Waals surface area contributed by atoms with Gasteiger partial charge >= 0.3 is 5.97 Å². The molecule has 0 unspecified atom stereocenters. The van der Waals surface area contributed by atoms with Crippen LogP contribution in [-0.4, -0.2) is 21.3 Å². The number of benzene rings is 2. The molecule has 0 saturated heterocycles. The largest absolute Gasteiger partial charge is 0.478 e. The molecule has 2 aromatic carbocycles. The van der Waals surface area contributed by atoms with E-state index in [0.29, 0.717) is 22.2 Å². The predicted octanol–water partition coefficient (Wildman–Crippen LogP) is 3.33. The van der Waals surface area contributed by atoms with E-state index >= 15 is 0 Å². The van der Waals surface area contributed by atoms with E-state index in [1.54, 1.807) is 18.2 Å². The van der Waals surface area contributed by atoms with E-state index in [4.69, 9.17) is 21.8 Å². The van der Waals surface area contributed by atoms with Crippen molar-refractivity contribution in [2.75, 3.05) is 10.6 Å². The third-order valence-corrected chi connectivity index (χ3v) is 3.18. The normalized spacial score (nSPS) is 10.4. The second-order valence-corrected chi connectivity index (χ2v) is 4.90. The van der Waals surface area contributed by atoms with Gasteiger partial charge in [0.1, 0.15) is 0 Å². The quantitative estimate of drug-likeness (QED) is 0.639. The van der Waals surface area contributed by atoms with Gasteiger partial charge in [0.25, 0.3) is 0 Å². The van der Waals surface area contributed by atoms with E-state index in [-0.39, 0.29) is 5.56 Å². The zero-order valence-electron chi connectivity index (χ0n) is 11.2. The number of thiocarbonyl (C=S) groups is 1. The van der Waals surface area contributed by atoms with Gasteiger partial charge in [0, 0.05) is 5.69 Å². The number of carboxylic acid groups (broad SMARTS) is 1. The van der Waals surface area contributed by atoms with Gasteiger partial charge in [-0.15, -0.1) is 0 Å². The van der Waals surface area contributed by atoms with Gasteiger partial charge < -0.3 is 20.3 Å². The molecule has 0 radical (unpaired) electrons. The number of carboxylic acids is 1. The molecule has 0 fully saturated rings. The summed E-state index contributed by atoms with van der Waals surface area (Å²) in [5, 5.41) is 19.8. The van der Waals surface area contributed by atoms with Crippen LogP contribution < -0.4 is 10.6 Å². The molecule has 3 aromatic rings. The molecule has 3 rings (SSSR count). The standard InChI is InChI=1S/C15H11N3O3S/c19-14(20)9-4-3-5-10(8-9)16-15(22)17-13-11-6-1-2-7-12(11)21-18-13/h1-8H,(H,19,20)(H2,16,17,18,22). The van der Waals surface area contributed by atoms with E-state index in [1.807, 2.05) is 18.2 Å². The maximum Gasteiger partial charge on any atom is 0.335 e. The number of anilines is 2. The Balaban J connectivity index is 1.75. The molecule has 1 aromatic heterocycles. The van der Waals surface area contributed by atoms with Gasteiger partial charge in [-0.05, 0) is 42.5 Å². The lowest BCUT2D eigenvalue weighted by atomic mass is 10.2. The molecule has 0 aliphatic rings. The molecule has 7 heteroatoms. The van der Waals surface area contributed by atoms with Crippen molar-refractivity contribution >= 4 is 45.8 Å². The third kappa shape index (κ3) is 2.89. The predicted molar refractivity (Wildman–Crippen MR) is 87.3 cm³/mol. The number of para-hydroxylation sites is 1. The maximum atomic E-state index is 10.9. The van der Waals surface area contributed by atoms with E-state index in [2.05, 4.69) is 15.8 Å². The highest BCUT2D eigenvalue weighted by molar-refractivity contribution is 7.80. The van der Waals surface area contributed by atoms with Crippen molar-refractivity contribution in [2.24, 2.45) is 0 Å². The Labute approximate surface area is 130 Å². The van der Waals surface area contributed by atoms with Crippen molar-refractivity contribution in [3.63, 3.8) is 0 Å². The number of aromatic nitrogens is 1. The van der Waals surface area contributed by atoms with Crippen molar-refractivity contribution in [3.05, 3.63) is 54.1 Å². The number of nitrogens with one attached hydrogen (secondary N) is 2. The van der Waals surface area contributed by atoms with Crippen LogP contribution in [0.3, 0.4) is 0 Å². The molecule has 0 aliphatic carbocycles. The summed E-state index contributed by atoms with van der Waals surface area (Å²) in [4.78, 5) is 10.9. The first-order chi connectivity index (χ1) is 10.6. The summed E-state index contributed by atoms with van der Waals surface area (Å²) in [6, 6.07) is 13.8. The van der Waals surface area contributed by atoms with Gasteiger partial charge in [-0.3, -0.25) is 0 Å². The van der Waals surface area contributed by atoms with Gasteiger partial charge in [-0.2, -0.15) is 0 Å². The van der Waals surface area contributed by atoms with E-state index < -0.39 is 5.97 Å². The number of nitrogens with zero attached hydrogens (tertiary/aromatic N) is 1. The molecule has 0 bridgehead atoms. The number of fused-ring (bicyclic) bond motifs is 1. The summed E-state index contributed by atoms with van der Waals surface area (Å²) in [6.45, 7) is 0. The van der Waals surface area contributed by atoms with Crippen molar-refractivity contribution in [2.45, 2.75) is 0 Å². The zero-order valence-corrected chi connectivity index (χ0v) is 12.1. The summed E-state index contributed by atoms with van der Waals surface area (Å²) in [5.74, 6) is -0.493. The van der Waals surface area contributed by atoms with Crippen LogP contribution in [0.2, 0.25) is 0 Å². The van der Waals surface area contributed by atoms with Crippen molar-refractivity contribution in [3.8, 4) is 0 Å². The Hall–Kier alpha value is -2.93. The molecule has 0 spiro atoms. The van der Waals surface area contributed by atoms with Crippen LogP contribution in [0.1, 0.15) is 10.4 Å². The molecule has 110 valence electrons. The number of carbonyl (C=O) groups is 1. The fourth-order valence-corrected chi connectivity index (χ4v) is 2.19. The van der Waals surface area contributed by atoms with Crippen LogP contribution in [0.5, 0.6) is 0 Å². The van der Waals surface area contributed by atoms with Gasteiger partial charge in [0.05, 0.1) is 10.9 Å². The Morgan fingerprint density at radius 1 is 1.14 bits per heavy atom. The number of aromatic carboxylic acids is 1. The first-order valence-corrected chi connectivity index (χ1v) is 6.80. The Bertz CT molecular complexity index is 860. The molecule has 0 aliphatic heterocycles. The number of rotatable bonds is 3. The first kappa shape index (κ1) is 14.0. The molecule has 1 heterocycles. The molecule has 0 amide bonds. The van der Waals surface area contributed by atoms with Crippen molar-refractivity contribution < 1.29 is 14.4 Å². The van der Waals surface area contributed by atoms with Gasteiger partial charge in [-0.1, -0.05) is 23.4 Å². The average molecular weight is 313 g/mol. The lowest BCUT2D eigenvalue weighted by molar-refractivity contribution is 0.0697. The fourth-order valence-electron chi connectivity index (χ4n) is 1.98. The molecular weight excluding hydrogens is 302 g/mol. The fraction of sp³-hybridized carbons (Fsp3) is 0. The Morgan fingerprint density at radius 2 is 1.95 bits per heavy atom. The molecule has 0 saturated carbocycles. The monoisotopic (exact) mass is 313 g/mol. The van der Waals surface area contributed by atoms with Crippen LogP contribution in [0.4, 0.5) is 11.5 Å².